The normalized spacial score (nSPS) is 15.9. The molecule has 3 aromatic carbocycles. The molecule has 1 aliphatic heterocycles. The number of hydrogen-bond donors (Lipinski definition) is 2. The van der Waals surface area contributed by atoms with E-state index in [1.54, 1.807) is 24.3 Å². The number of urea groups is 1. The Morgan fingerprint density at radius 2 is 1.71 bits per heavy atom. The lowest BCUT2D eigenvalue weighted by Crippen LogP contribution is -2.44. The van der Waals surface area contributed by atoms with E-state index < -0.39 is 18.5 Å². The Hall–Kier alpha value is -4.24. The fourth-order valence-corrected chi connectivity index (χ4v) is 4.37. The summed E-state index contributed by atoms with van der Waals surface area (Å²) in [4.78, 5) is 38.3. The topological polar surface area (TPSA) is 97.0 Å². The number of ether oxygens (including phenoxy) is 2. The van der Waals surface area contributed by atoms with Crippen LogP contribution in [0.5, 0.6) is 5.75 Å². The molecule has 2 amide bonds. The molecular formula is C29H30FN3O5. The Bertz CT molecular complexity index is 1280. The number of esters is 1. The second-order valence-corrected chi connectivity index (χ2v) is 9.06. The maximum Gasteiger partial charge on any atom is 0.337 e. The number of Topliss-reactive ketones (excluding diaryl/α,β-unsaturated/α-hetero) is 1. The van der Waals surface area contributed by atoms with Crippen molar-refractivity contribution in [2.24, 2.45) is 0 Å². The number of hydrogen-bond acceptors (Lipinski definition) is 6. The van der Waals surface area contributed by atoms with E-state index in [2.05, 4.69) is 15.4 Å². The van der Waals surface area contributed by atoms with Crippen LogP contribution < -0.4 is 15.4 Å². The van der Waals surface area contributed by atoms with Crippen LogP contribution in [0.15, 0.2) is 72.8 Å². The lowest BCUT2D eigenvalue weighted by molar-refractivity contribution is -0.133. The summed E-state index contributed by atoms with van der Waals surface area (Å²) in [6.07, 6.45) is 1.36. The minimum Gasteiger partial charge on any atom is -0.465 e. The largest absolute Gasteiger partial charge is 0.465 e. The fourth-order valence-electron chi connectivity index (χ4n) is 4.37. The lowest BCUT2D eigenvalue weighted by atomic mass is 10.0. The van der Waals surface area contributed by atoms with Gasteiger partial charge in [0.2, 0.25) is 0 Å². The lowest BCUT2D eigenvalue weighted by Gasteiger charge is -2.27. The second-order valence-electron chi connectivity index (χ2n) is 9.06. The number of halogens is 1. The summed E-state index contributed by atoms with van der Waals surface area (Å²) in [5.74, 6) is -0.349. The van der Waals surface area contributed by atoms with Crippen molar-refractivity contribution >= 4 is 29.2 Å². The van der Waals surface area contributed by atoms with Gasteiger partial charge in [-0.2, -0.15) is 4.39 Å². The molecule has 0 unspecified atom stereocenters. The zero-order valence-electron chi connectivity index (χ0n) is 21.3. The number of carbonyl (C=O) groups excluding carboxylic acids is 3. The smallest absolute Gasteiger partial charge is 0.337 e. The number of nitrogens with one attached hydrogen (secondary N) is 2. The molecule has 38 heavy (non-hydrogen) atoms. The highest BCUT2D eigenvalue weighted by molar-refractivity contribution is 6.00. The fraction of sp³-hybridized carbons (Fsp3) is 0.276. The van der Waals surface area contributed by atoms with E-state index in [1.807, 2.05) is 31.2 Å². The van der Waals surface area contributed by atoms with Gasteiger partial charge in [-0.3, -0.25) is 4.79 Å². The number of carbonyl (C=O) groups is 3. The minimum atomic E-state index is -1.80. The van der Waals surface area contributed by atoms with Crippen molar-refractivity contribution < 1.29 is 28.2 Å². The first-order chi connectivity index (χ1) is 18.3. The molecule has 4 rings (SSSR count). The van der Waals surface area contributed by atoms with Gasteiger partial charge in [0, 0.05) is 24.3 Å². The van der Waals surface area contributed by atoms with E-state index in [0.717, 1.165) is 16.8 Å². The molecule has 9 heteroatoms. The van der Waals surface area contributed by atoms with Crippen molar-refractivity contribution in [3.63, 3.8) is 0 Å². The average Bonchev–Trinajstić information content (AvgIpc) is 3.42. The van der Waals surface area contributed by atoms with Crippen molar-refractivity contribution in [1.82, 2.24) is 4.90 Å². The maximum atomic E-state index is 15.0. The van der Waals surface area contributed by atoms with E-state index in [-0.39, 0.29) is 24.0 Å². The van der Waals surface area contributed by atoms with Crippen LogP contribution in [0.1, 0.15) is 34.3 Å². The second kappa shape index (κ2) is 12.3. The van der Waals surface area contributed by atoms with Gasteiger partial charge >= 0.3 is 12.0 Å². The standard InChI is InChI=1S/C29H30FN3O5/c1-19-6-3-4-7-24(19)32-29(36)31-22-13-9-20(10-14-22)18-26(34)25-8-5-17-33(25)28(30)38-23-15-11-21(12-16-23)27(35)37-2/h3-4,6-7,9-16,25,28H,5,8,17-18H2,1-2H3,(H2,31,32,36)/t25-,28-/m0/s1. The SMILES string of the molecule is COC(=O)c1ccc(O[C@@H](F)N2CCC[C@H]2C(=O)Cc2ccc(NC(=O)Nc3ccccc3C)cc2)cc1. The highest BCUT2D eigenvalue weighted by Gasteiger charge is 2.36. The first-order valence-corrected chi connectivity index (χ1v) is 12.3. The Kier molecular flexibility index (Phi) is 8.70. The molecule has 0 aromatic heterocycles. The summed E-state index contributed by atoms with van der Waals surface area (Å²) >= 11 is 0. The molecule has 198 valence electrons. The number of likely N-dealkylation sites (tertiary alicyclic amines) is 1. The molecule has 3 aromatic rings. The molecule has 1 aliphatic rings. The van der Waals surface area contributed by atoms with Crippen LogP contribution in [0.25, 0.3) is 0 Å². The monoisotopic (exact) mass is 519 g/mol. The van der Waals surface area contributed by atoms with Crippen molar-refractivity contribution in [1.29, 1.82) is 0 Å². The van der Waals surface area contributed by atoms with Crippen molar-refractivity contribution in [3.8, 4) is 5.75 Å². The molecular weight excluding hydrogens is 489 g/mol. The van der Waals surface area contributed by atoms with E-state index >= 15 is 4.39 Å². The molecule has 2 N–H and O–H groups in total. The van der Waals surface area contributed by atoms with Gasteiger partial charge in [-0.1, -0.05) is 30.3 Å². The van der Waals surface area contributed by atoms with Gasteiger partial charge in [-0.15, -0.1) is 0 Å². The summed E-state index contributed by atoms with van der Waals surface area (Å²) in [6.45, 7) is 0.513. The number of amides is 2. The van der Waals surface area contributed by atoms with Crippen LogP contribution >= 0.6 is 0 Å². The average molecular weight is 520 g/mol. The third-order valence-electron chi connectivity index (χ3n) is 6.42. The number of methoxy groups -OCH3 is 1. The third-order valence-corrected chi connectivity index (χ3v) is 6.42. The first-order valence-electron chi connectivity index (χ1n) is 12.3. The maximum absolute atomic E-state index is 15.0. The first kappa shape index (κ1) is 26.8. The van der Waals surface area contributed by atoms with Crippen LogP contribution in [-0.4, -0.2) is 48.9 Å². The highest BCUT2D eigenvalue weighted by atomic mass is 19.1. The predicted molar refractivity (Wildman–Crippen MR) is 142 cm³/mol. The van der Waals surface area contributed by atoms with Gasteiger partial charge in [0.05, 0.1) is 18.7 Å². The number of rotatable bonds is 9. The third kappa shape index (κ3) is 6.74. The van der Waals surface area contributed by atoms with Crippen molar-refractivity contribution in [2.45, 2.75) is 38.7 Å². The molecule has 0 radical (unpaired) electrons. The van der Waals surface area contributed by atoms with Crippen LogP contribution in [0, 0.1) is 6.92 Å². The summed E-state index contributed by atoms with van der Waals surface area (Å²) in [6, 6.07) is 19.5. The summed E-state index contributed by atoms with van der Waals surface area (Å²) < 4.78 is 25.1. The number of aryl methyl sites for hydroxylation is 1. The Labute approximate surface area is 220 Å². The predicted octanol–water partition coefficient (Wildman–Crippen LogP) is 5.33. The molecule has 0 spiro atoms. The molecule has 1 fully saturated rings. The van der Waals surface area contributed by atoms with Gasteiger partial charge in [-0.25, -0.2) is 14.5 Å². The molecule has 0 aliphatic carbocycles. The highest BCUT2D eigenvalue weighted by Crippen LogP contribution is 2.26. The van der Waals surface area contributed by atoms with Crippen LogP contribution in [0.3, 0.4) is 0 Å². The van der Waals surface area contributed by atoms with Crippen LogP contribution in [0.2, 0.25) is 0 Å². The zero-order chi connectivity index (χ0) is 27.1. The molecule has 2 atom stereocenters. The number of benzene rings is 3. The van der Waals surface area contributed by atoms with Gasteiger partial charge in [0.25, 0.3) is 6.48 Å². The van der Waals surface area contributed by atoms with Crippen LogP contribution in [-0.2, 0) is 16.0 Å². The van der Waals surface area contributed by atoms with E-state index in [9.17, 15) is 14.4 Å². The summed E-state index contributed by atoms with van der Waals surface area (Å²) in [5, 5.41) is 5.58. The van der Waals surface area contributed by atoms with E-state index in [1.165, 1.54) is 36.3 Å². The molecule has 1 heterocycles. The number of ketones is 1. The minimum absolute atomic E-state index is 0.104. The van der Waals surface area contributed by atoms with Gasteiger partial charge in [0.1, 0.15) is 5.75 Å². The van der Waals surface area contributed by atoms with Crippen LogP contribution in [0.4, 0.5) is 20.6 Å². The van der Waals surface area contributed by atoms with Gasteiger partial charge in [-0.05, 0) is 73.4 Å². The number of para-hydroxylation sites is 1. The van der Waals surface area contributed by atoms with E-state index in [4.69, 9.17) is 4.74 Å². The van der Waals surface area contributed by atoms with Crippen molar-refractivity contribution in [3.05, 3.63) is 89.5 Å². The zero-order valence-corrected chi connectivity index (χ0v) is 21.3. The summed E-state index contributed by atoms with van der Waals surface area (Å²) in [7, 11) is 1.28. The molecule has 0 bridgehead atoms. The quantitative estimate of drug-likeness (QED) is 0.293. The molecule has 1 saturated heterocycles. The Balaban J connectivity index is 1.30. The van der Waals surface area contributed by atoms with Gasteiger partial charge in [0.15, 0.2) is 5.78 Å². The Morgan fingerprint density at radius 1 is 1.00 bits per heavy atom. The molecule has 8 nitrogen and oxygen atoms in total. The van der Waals surface area contributed by atoms with Gasteiger partial charge < -0.3 is 20.1 Å². The molecule has 0 saturated carbocycles. The van der Waals surface area contributed by atoms with Crippen molar-refractivity contribution in [2.75, 3.05) is 24.3 Å². The number of alkyl halides is 1. The number of nitrogens with zero attached hydrogens (tertiary/aromatic N) is 1. The summed E-state index contributed by atoms with van der Waals surface area (Å²) in [5.41, 5.74) is 3.36. The number of anilines is 2. The Morgan fingerprint density at radius 3 is 2.39 bits per heavy atom. The van der Waals surface area contributed by atoms with E-state index in [0.29, 0.717) is 30.6 Å².